The SMILES string of the molecule is N#CCS(=O)(=O)NCCc1ccccc1C(=O)O. The van der Waals surface area contributed by atoms with E-state index in [4.69, 9.17) is 10.4 Å². The summed E-state index contributed by atoms with van der Waals surface area (Å²) < 4.78 is 24.6. The van der Waals surface area contributed by atoms with Gasteiger partial charge < -0.3 is 5.11 Å². The van der Waals surface area contributed by atoms with Crippen LogP contribution in [0.5, 0.6) is 0 Å². The van der Waals surface area contributed by atoms with Gasteiger partial charge in [0, 0.05) is 6.54 Å². The highest BCUT2D eigenvalue weighted by Gasteiger charge is 2.11. The molecule has 6 nitrogen and oxygen atoms in total. The van der Waals surface area contributed by atoms with E-state index in [-0.39, 0.29) is 18.5 Å². The molecule has 0 aliphatic carbocycles. The van der Waals surface area contributed by atoms with Crippen molar-refractivity contribution in [3.05, 3.63) is 35.4 Å². The average molecular weight is 268 g/mol. The fourth-order valence-electron chi connectivity index (χ4n) is 1.42. The fourth-order valence-corrected chi connectivity index (χ4v) is 2.11. The van der Waals surface area contributed by atoms with E-state index in [1.165, 1.54) is 6.07 Å². The second-order valence-corrected chi connectivity index (χ2v) is 5.33. The quantitative estimate of drug-likeness (QED) is 0.775. The predicted molar refractivity (Wildman–Crippen MR) is 64.5 cm³/mol. The van der Waals surface area contributed by atoms with Gasteiger partial charge in [-0.3, -0.25) is 0 Å². The average Bonchev–Trinajstić information content (AvgIpc) is 2.29. The van der Waals surface area contributed by atoms with E-state index in [1.807, 2.05) is 0 Å². The topological polar surface area (TPSA) is 107 Å². The summed E-state index contributed by atoms with van der Waals surface area (Å²) in [7, 11) is -3.59. The summed E-state index contributed by atoms with van der Waals surface area (Å²) in [6.45, 7) is 0.0638. The van der Waals surface area contributed by atoms with Crippen LogP contribution in [0.25, 0.3) is 0 Å². The molecular formula is C11H12N2O4S. The van der Waals surface area contributed by atoms with E-state index in [1.54, 1.807) is 24.3 Å². The Morgan fingerprint density at radius 2 is 2.06 bits per heavy atom. The van der Waals surface area contributed by atoms with Crippen molar-refractivity contribution in [2.24, 2.45) is 0 Å². The summed E-state index contributed by atoms with van der Waals surface area (Å²) >= 11 is 0. The number of nitriles is 1. The zero-order valence-corrected chi connectivity index (χ0v) is 10.3. The summed E-state index contributed by atoms with van der Waals surface area (Å²) in [5.74, 6) is -1.65. The predicted octanol–water partition coefficient (Wildman–Crippen LogP) is 0.370. The minimum absolute atomic E-state index is 0.0638. The number of nitrogens with one attached hydrogen (secondary N) is 1. The van der Waals surface area contributed by atoms with E-state index in [0.29, 0.717) is 5.56 Å². The Morgan fingerprint density at radius 3 is 2.67 bits per heavy atom. The van der Waals surface area contributed by atoms with Crippen molar-refractivity contribution in [3.63, 3.8) is 0 Å². The number of benzene rings is 1. The first-order valence-electron chi connectivity index (χ1n) is 5.12. The smallest absolute Gasteiger partial charge is 0.335 e. The molecule has 7 heteroatoms. The van der Waals surface area contributed by atoms with Gasteiger partial charge in [-0.15, -0.1) is 0 Å². The zero-order chi connectivity index (χ0) is 13.6. The third-order valence-corrected chi connectivity index (χ3v) is 3.37. The van der Waals surface area contributed by atoms with Gasteiger partial charge in [-0.05, 0) is 18.1 Å². The molecule has 0 bridgehead atoms. The van der Waals surface area contributed by atoms with Crippen LogP contribution in [0.15, 0.2) is 24.3 Å². The largest absolute Gasteiger partial charge is 0.478 e. The molecule has 2 N–H and O–H groups in total. The highest BCUT2D eigenvalue weighted by molar-refractivity contribution is 7.89. The molecular weight excluding hydrogens is 256 g/mol. The molecule has 1 aromatic carbocycles. The van der Waals surface area contributed by atoms with Crippen LogP contribution in [0.4, 0.5) is 0 Å². The lowest BCUT2D eigenvalue weighted by molar-refractivity contribution is 0.0695. The number of nitrogens with zero attached hydrogens (tertiary/aromatic N) is 1. The molecule has 0 atom stereocenters. The van der Waals surface area contributed by atoms with Crippen LogP contribution < -0.4 is 4.72 Å². The highest BCUT2D eigenvalue weighted by atomic mass is 32.2. The van der Waals surface area contributed by atoms with Crippen molar-refractivity contribution in [2.75, 3.05) is 12.3 Å². The molecule has 0 fully saturated rings. The molecule has 0 saturated carbocycles. The Morgan fingerprint density at radius 1 is 1.39 bits per heavy atom. The summed E-state index contributed by atoms with van der Waals surface area (Å²) in [4.78, 5) is 10.9. The minimum Gasteiger partial charge on any atom is -0.478 e. The zero-order valence-electron chi connectivity index (χ0n) is 9.46. The van der Waals surface area contributed by atoms with Gasteiger partial charge in [0.1, 0.15) is 0 Å². The van der Waals surface area contributed by atoms with Gasteiger partial charge >= 0.3 is 5.97 Å². The molecule has 0 amide bonds. The Kier molecular flexibility index (Phi) is 4.83. The summed E-state index contributed by atoms with van der Waals surface area (Å²) in [6.07, 6.45) is 0.257. The van der Waals surface area contributed by atoms with E-state index in [2.05, 4.69) is 4.72 Å². The Balaban J connectivity index is 2.66. The minimum atomic E-state index is -3.59. The number of aromatic carboxylic acids is 1. The third kappa shape index (κ3) is 4.16. The molecule has 0 aliphatic rings. The van der Waals surface area contributed by atoms with E-state index < -0.39 is 21.7 Å². The fraction of sp³-hybridized carbons (Fsp3) is 0.273. The number of rotatable bonds is 6. The molecule has 18 heavy (non-hydrogen) atoms. The number of hydrogen-bond acceptors (Lipinski definition) is 4. The first-order valence-corrected chi connectivity index (χ1v) is 6.77. The Bertz CT molecular complexity index is 575. The molecule has 0 radical (unpaired) electrons. The summed E-state index contributed by atoms with van der Waals surface area (Å²) in [5, 5.41) is 17.2. The third-order valence-electron chi connectivity index (χ3n) is 2.22. The normalized spacial score (nSPS) is 10.8. The van der Waals surface area contributed by atoms with Crippen LogP contribution in [0, 0.1) is 11.3 Å². The second kappa shape index (κ2) is 6.14. The van der Waals surface area contributed by atoms with Crippen LogP contribution in [0.2, 0.25) is 0 Å². The van der Waals surface area contributed by atoms with Crippen LogP contribution in [-0.2, 0) is 16.4 Å². The molecule has 0 unspecified atom stereocenters. The van der Waals surface area contributed by atoms with Crippen molar-refractivity contribution in [1.29, 1.82) is 5.26 Å². The number of carboxylic acids is 1. The van der Waals surface area contributed by atoms with Gasteiger partial charge in [0.2, 0.25) is 10.0 Å². The number of carbonyl (C=O) groups is 1. The standard InChI is InChI=1S/C11H12N2O4S/c12-6-8-18(16,17)13-7-5-9-3-1-2-4-10(9)11(14)15/h1-4,13H,5,7-8H2,(H,14,15). The molecule has 96 valence electrons. The van der Waals surface area contributed by atoms with Crippen molar-refractivity contribution < 1.29 is 18.3 Å². The van der Waals surface area contributed by atoms with Crippen LogP contribution >= 0.6 is 0 Å². The molecule has 1 aromatic rings. The van der Waals surface area contributed by atoms with Crippen LogP contribution in [-0.4, -0.2) is 31.8 Å². The van der Waals surface area contributed by atoms with Crippen LogP contribution in [0.1, 0.15) is 15.9 Å². The molecule has 0 saturated heterocycles. The monoisotopic (exact) mass is 268 g/mol. The highest BCUT2D eigenvalue weighted by Crippen LogP contribution is 2.09. The number of sulfonamides is 1. The maximum absolute atomic E-state index is 11.2. The Hall–Kier alpha value is -1.91. The van der Waals surface area contributed by atoms with Gasteiger partial charge in [-0.1, -0.05) is 18.2 Å². The van der Waals surface area contributed by atoms with E-state index in [0.717, 1.165) is 0 Å². The molecule has 0 aromatic heterocycles. The number of carboxylic acid groups (broad SMARTS) is 1. The van der Waals surface area contributed by atoms with Crippen LogP contribution in [0.3, 0.4) is 0 Å². The second-order valence-electron chi connectivity index (χ2n) is 3.52. The first-order chi connectivity index (χ1) is 8.46. The van der Waals surface area contributed by atoms with Crippen molar-refractivity contribution in [1.82, 2.24) is 4.72 Å². The van der Waals surface area contributed by atoms with Crippen molar-refractivity contribution in [3.8, 4) is 6.07 Å². The van der Waals surface area contributed by atoms with Crippen molar-refractivity contribution in [2.45, 2.75) is 6.42 Å². The molecule has 0 aliphatic heterocycles. The van der Waals surface area contributed by atoms with E-state index >= 15 is 0 Å². The van der Waals surface area contributed by atoms with Crippen molar-refractivity contribution >= 4 is 16.0 Å². The molecule has 0 heterocycles. The maximum atomic E-state index is 11.2. The lowest BCUT2D eigenvalue weighted by atomic mass is 10.1. The van der Waals surface area contributed by atoms with Gasteiger partial charge in [0.25, 0.3) is 0 Å². The summed E-state index contributed by atoms with van der Waals surface area (Å²) in [6, 6.07) is 7.92. The van der Waals surface area contributed by atoms with E-state index in [9.17, 15) is 13.2 Å². The van der Waals surface area contributed by atoms with Gasteiger partial charge in [-0.2, -0.15) is 5.26 Å². The van der Waals surface area contributed by atoms with Gasteiger partial charge in [-0.25, -0.2) is 17.9 Å². The maximum Gasteiger partial charge on any atom is 0.335 e. The Labute approximate surface area is 105 Å². The summed E-state index contributed by atoms with van der Waals surface area (Å²) in [5.41, 5.74) is 0.696. The van der Waals surface area contributed by atoms with Gasteiger partial charge in [0.15, 0.2) is 5.75 Å². The lowest BCUT2D eigenvalue weighted by Crippen LogP contribution is -2.28. The first kappa shape index (κ1) is 14.2. The molecule has 1 rings (SSSR count). The van der Waals surface area contributed by atoms with Gasteiger partial charge in [0.05, 0.1) is 11.6 Å². The molecule has 0 spiro atoms. The lowest BCUT2D eigenvalue weighted by Gasteiger charge is -2.06. The number of hydrogen-bond donors (Lipinski definition) is 2.